The first kappa shape index (κ1) is 16.8. The van der Waals surface area contributed by atoms with Crippen LogP contribution in [-0.2, 0) is 0 Å². The second-order valence-electron chi connectivity index (χ2n) is 6.32. The average Bonchev–Trinajstić information content (AvgIpc) is 3.05. The third kappa shape index (κ3) is 3.48. The Hall–Kier alpha value is -2.67. The summed E-state index contributed by atoms with van der Waals surface area (Å²) in [7, 11) is 0. The van der Waals surface area contributed by atoms with Crippen molar-refractivity contribution in [1.29, 1.82) is 0 Å². The Morgan fingerprint density at radius 3 is 2.77 bits per heavy atom. The summed E-state index contributed by atoms with van der Waals surface area (Å²) in [5, 5.41) is 0.530. The van der Waals surface area contributed by atoms with Crippen molar-refractivity contribution in [1.82, 2.24) is 9.88 Å². The second kappa shape index (κ2) is 6.92. The normalized spacial score (nSPS) is 15.3. The molecule has 3 aromatic rings. The predicted molar refractivity (Wildman–Crippen MR) is 98.9 cm³/mol. The Balaban J connectivity index is 1.39. The van der Waals surface area contributed by atoms with Crippen molar-refractivity contribution in [2.45, 2.75) is 25.9 Å². The fourth-order valence-corrected chi connectivity index (χ4v) is 4.05. The Bertz CT molecular complexity index is 969. The lowest BCUT2D eigenvalue weighted by Gasteiger charge is -2.31. The van der Waals surface area contributed by atoms with Gasteiger partial charge in [-0.25, -0.2) is 9.78 Å². The number of hydrogen-bond acceptors (Lipinski definition) is 6. The van der Waals surface area contributed by atoms with Gasteiger partial charge in [0.25, 0.3) is 5.91 Å². The van der Waals surface area contributed by atoms with Gasteiger partial charge in [-0.1, -0.05) is 12.1 Å². The lowest BCUT2D eigenvalue weighted by Crippen LogP contribution is -2.41. The lowest BCUT2D eigenvalue weighted by atomic mass is 10.1. The molecule has 134 valence electrons. The van der Waals surface area contributed by atoms with Gasteiger partial charge < -0.3 is 14.1 Å². The van der Waals surface area contributed by atoms with Crippen LogP contribution in [0.15, 0.2) is 45.6 Å². The summed E-state index contributed by atoms with van der Waals surface area (Å²) in [5.74, 6) is 1.02. The van der Waals surface area contributed by atoms with Gasteiger partial charge in [-0.3, -0.25) is 4.79 Å². The fraction of sp³-hybridized carbons (Fsp3) is 0.316. The maximum absolute atomic E-state index is 12.7. The van der Waals surface area contributed by atoms with Crippen molar-refractivity contribution in [2.24, 2.45) is 0 Å². The molecule has 3 heterocycles. The van der Waals surface area contributed by atoms with Gasteiger partial charge in [-0.05, 0) is 19.1 Å². The number of ether oxygens (including phenoxy) is 1. The summed E-state index contributed by atoms with van der Waals surface area (Å²) in [6.45, 7) is 2.94. The number of rotatable bonds is 3. The molecule has 6 nitrogen and oxygen atoms in total. The summed E-state index contributed by atoms with van der Waals surface area (Å²) < 4.78 is 11.8. The first-order chi connectivity index (χ1) is 12.6. The molecule has 0 spiro atoms. The molecule has 1 aliphatic heterocycles. The zero-order valence-corrected chi connectivity index (χ0v) is 15.1. The molecule has 1 saturated heterocycles. The minimum absolute atomic E-state index is 0.0179. The van der Waals surface area contributed by atoms with Crippen LogP contribution in [0.25, 0.3) is 10.2 Å². The smallest absolute Gasteiger partial charge is 0.339 e. The number of amides is 1. The third-order valence-electron chi connectivity index (χ3n) is 4.38. The van der Waals surface area contributed by atoms with Crippen molar-refractivity contribution in [2.75, 3.05) is 13.1 Å². The van der Waals surface area contributed by atoms with E-state index in [0.29, 0.717) is 29.6 Å². The molecule has 7 heteroatoms. The van der Waals surface area contributed by atoms with Crippen molar-refractivity contribution in [3.8, 4) is 5.75 Å². The highest BCUT2D eigenvalue weighted by Crippen LogP contribution is 2.25. The predicted octanol–water partition coefficient (Wildman–Crippen LogP) is 3.24. The molecular weight excluding hydrogens is 352 g/mol. The minimum Gasteiger partial charge on any atom is -0.490 e. The van der Waals surface area contributed by atoms with Gasteiger partial charge in [-0.15, -0.1) is 11.3 Å². The average molecular weight is 370 g/mol. The van der Waals surface area contributed by atoms with Crippen LogP contribution in [0.5, 0.6) is 5.75 Å². The van der Waals surface area contributed by atoms with E-state index in [2.05, 4.69) is 4.98 Å². The Kier molecular flexibility index (Phi) is 4.46. The number of carbonyl (C=O) groups excluding carboxylic acids is 1. The maximum atomic E-state index is 12.7. The van der Waals surface area contributed by atoms with Gasteiger partial charge in [-0.2, -0.15) is 0 Å². The number of thiazole rings is 1. The Labute approximate surface area is 154 Å². The van der Waals surface area contributed by atoms with Gasteiger partial charge in [0, 0.05) is 32.0 Å². The highest BCUT2D eigenvalue weighted by molar-refractivity contribution is 7.20. The van der Waals surface area contributed by atoms with E-state index in [1.807, 2.05) is 29.2 Å². The summed E-state index contributed by atoms with van der Waals surface area (Å²) in [5.41, 5.74) is 0.445. The van der Waals surface area contributed by atoms with Crippen molar-refractivity contribution < 1.29 is 13.9 Å². The maximum Gasteiger partial charge on any atom is 0.339 e. The van der Waals surface area contributed by atoms with E-state index in [1.54, 1.807) is 13.0 Å². The quantitative estimate of drug-likeness (QED) is 0.708. The number of para-hydroxylation sites is 1. The number of fused-ring (bicyclic) bond motifs is 1. The monoisotopic (exact) mass is 370 g/mol. The van der Waals surface area contributed by atoms with Crippen molar-refractivity contribution in [3.05, 3.63) is 57.6 Å². The number of carbonyl (C=O) groups is 1. The standard InChI is InChI=1S/C19H18N2O4S/c1-12-10-14(11-17(22)24-12)25-13-6-8-21(9-7-13)19(23)18-20-15-4-2-3-5-16(15)26-18/h2-5,10-11,13H,6-9H2,1H3. The van der Waals surface area contributed by atoms with E-state index >= 15 is 0 Å². The van der Waals surface area contributed by atoms with E-state index in [9.17, 15) is 9.59 Å². The zero-order valence-electron chi connectivity index (χ0n) is 14.3. The molecule has 2 aromatic heterocycles. The van der Waals surface area contributed by atoms with Crippen LogP contribution in [0.4, 0.5) is 0 Å². The van der Waals surface area contributed by atoms with Gasteiger partial charge >= 0.3 is 5.63 Å². The van der Waals surface area contributed by atoms with Crippen LogP contribution in [-0.4, -0.2) is 35.0 Å². The first-order valence-electron chi connectivity index (χ1n) is 8.52. The molecule has 0 saturated carbocycles. The summed E-state index contributed by atoms with van der Waals surface area (Å²) in [6, 6.07) is 10.8. The number of likely N-dealkylation sites (tertiary alicyclic amines) is 1. The van der Waals surface area contributed by atoms with Gasteiger partial charge in [0.1, 0.15) is 17.6 Å². The Morgan fingerprint density at radius 1 is 1.27 bits per heavy atom. The first-order valence-corrected chi connectivity index (χ1v) is 9.33. The molecule has 1 aromatic carbocycles. The number of piperidine rings is 1. The van der Waals surface area contributed by atoms with E-state index in [0.717, 1.165) is 23.1 Å². The van der Waals surface area contributed by atoms with Gasteiger partial charge in [0.2, 0.25) is 0 Å². The van der Waals surface area contributed by atoms with Crippen LogP contribution in [0, 0.1) is 6.92 Å². The number of hydrogen-bond donors (Lipinski definition) is 0. The molecule has 0 bridgehead atoms. The zero-order chi connectivity index (χ0) is 18.1. The second-order valence-corrected chi connectivity index (χ2v) is 7.35. The van der Waals surface area contributed by atoms with E-state index < -0.39 is 5.63 Å². The molecular formula is C19H18N2O4S. The van der Waals surface area contributed by atoms with Gasteiger partial charge in [0.15, 0.2) is 5.01 Å². The van der Waals surface area contributed by atoms with E-state index in [4.69, 9.17) is 9.15 Å². The molecule has 0 radical (unpaired) electrons. The van der Waals surface area contributed by atoms with E-state index in [-0.39, 0.29) is 12.0 Å². The lowest BCUT2D eigenvalue weighted by molar-refractivity contribution is 0.0594. The minimum atomic E-state index is -0.413. The molecule has 0 atom stereocenters. The molecule has 1 fully saturated rings. The highest BCUT2D eigenvalue weighted by Gasteiger charge is 2.26. The summed E-state index contributed by atoms with van der Waals surface area (Å²) in [6.07, 6.45) is 1.42. The largest absolute Gasteiger partial charge is 0.490 e. The molecule has 1 amide bonds. The van der Waals surface area contributed by atoms with Crippen molar-refractivity contribution in [3.63, 3.8) is 0 Å². The van der Waals surface area contributed by atoms with Crippen LogP contribution in [0.1, 0.15) is 28.4 Å². The summed E-state index contributed by atoms with van der Waals surface area (Å²) in [4.78, 5) is 30.4. The molecule has 0 N–H and O–H groups in total. The number of aromatic nitrogens is 1. The van der Waals surface area contributed by atoms with Crippen LogP contribution in [0.2, 0.25) is 0 Å². The summed E-state index contributed by atoms with van der Waals surface area (Å²) >= 11 is 1.43. The topological polar surface area (TPSA) is 72.6 Å². The van der Waals surface area contributed by atoms with Crippen LogP contribution in [0.3, 0.4) is 0 Å². The highest BCUT2D eigenvalue weighted by atomic mass is 32.1. The number of aryl methyl sites for hydroxylation is 1. The molecule has 1 aliphatic rings. The van der Waals surface area contributed by atoms with Gasteiger partial charge in [0.05, 0.1) is 16.3 Å². The SMILES string of the molecule is Cc1cc(OC2CCN(C(=O)c3nc4ccccc4s3)CC2)cc(=O)o1. The molecule has 0 aliphatic carbocycles. The molecule has 0 unspecified atom stereocenters. The molecule has 26 heavy (non-hydrogen) atoms. The number of benzene rings is 1. The molecule has 4 rings (SSSR count). The van der Waals surface area contributed by atoms with Crippen molar-refractivity contribution >= 4 is 27.5 Å². The third-order valence-corrected chi connectivity index (χ3v) is 5.40. The van der Waals surface area contributed by atoms with Crippen LogP contribution >= 0.6 is 11.3 Å². The van der Waals surface area contributed by atoms with Crippen LogP contribution < -0.4 is 10.4 Å². The van der Waals surface area contributed by atoms with E-state index in [1.165, 1.54) is 17.4 Å². The Morgan fingerprint density at radius 2 is 2.04 bits per heavy atom. The fourth-order valence-electron chi connectivity index (χ4n) is 3.11. The number of nitrogens with zero attached hydrogens (tertiary/aromatic N) is 2.